The number of ether oxygens (including phenoxy) is 1. The van der Waals surface area contributed by atoms with Crippen LogP contribution < -0.4 is 10.5 Å². The van der Waals surface area contributed by atoms with Crippen LogP contribution in [0.1, 0.15) is 23.4 Å². The van der Waals surface area contributed by atoms with Gasteiger partial charge in [-0.25, -0.2) is 0 Å². The van der Waals surface area contributed by atoms with E-state index < -0.39 is 6.10 Å². The second-order valence-electron chi connectivity index (χ2n) is 6.50. The van der Waals surface area contributed by atoms with Crippen molar-refractivity contribution in [3.8, 4) is 5.75 Å². The van der Waals surface area contributed by atoms with Crippen LogP contribution in [0.5, 0.6) is 5.75 Å². The molecule has 1 aliphatic heterocycles. The van der Waals surface area contributed by atoms with Gasteiger partial charge in [-0.05, 0) is 18.2 Å². The number of hydrogen-bond acceptors (Lipinski definition) is 6. The maximum Gasteiger partial charge on any atom is 0.272 e. The molecule has 0 saturated heterocycles. The van der Waals surface area contributed by atoms with Crippen molar-refractivity contribution in [1.29, 1.82) is 0 Å². The fourth-order valence-electron chi connectivity index (χ4n) is 2.95. The predicted octanol–water partition coefficient (Wildman–Crippen LogP) is 4.67. The van der Waals surface area contributed by atoms with Crippen molar-refractivity contribution in [3.05, 3.63) is 93.8 Å². The van der Waals surface area contributed by atoms with E-state index in [1.807, 2.05) is 54.4 Å². The summed E-state index contributed by atoms with van der Waals surface area (Å²) in [5, 5.41) is 4.83. The summed E-state index contributed by atoms with van der Waals surface area (Å²) in [7, 11) is 1.90. The summed E-state index contributed by atoms with van der Waals surface area (Å²) >= 11 is 12.4. The molecule has 1 unspecified atom stereocenters. The lowest BCUT2D eigenvalue weighted by Crippen LogP contribution is -2.27. The summed E-state index contributed by atoms with van der Waals surface area (Å²) in [5.74, 6) is 1.67. The summed E-state index contributed by atoms with van der Waals surface area (Å²) in [6.45, 7) is 0.725. The Morgan fingerprint density at radius 3 is 2.72 bits per heavy atom. The normalized spacial score (nSPS) is 14.9. The van der Waals surface area contributed by atoms with Crippen LogP contribution in [0, 0.1) is 0 Å². The first-order chi connectivity index (χ1) is 14.0. The molecule has 8 heteroatoms. The van der Waals surface area contributed by atoms with Gasteiger partial charge in [0.05, 0.1) is 10.6 Å². The van der Waals surface area contributed by atoms with E-state index in [9.17, 15) is 0 Å². The lowest BCUT2D eigenvalue weighted by Gasteiger charge is -2.22. The molecule has 0 bridgehead atoms. The fraction of sp³-hybridized carbons (Fsp3) is 0.143. The zero-order valence-corrected chi connectivity index (χ0v) is 17.1. The Morgan fingerprint density at radius 1 is 1.14 bits per heavy atom. The largest absolute Gasteiger partial charge is 0.474 e. The Balaban J connectivity index is 1.73. The number of allylic oxidation sites excluding steroid dienone is 2. The first-order valence-corrected chi connectivity index (χ1v) is 9.67. The molecule has 1 aromatic heterocycles. The van der Waals surface area contributed by atoms with E-state index >= 15 is 0 Å². The van der Waals surface area contributed by atoms with Gasteiger partial charge < -0.3 is 19.9 Å². The highest BCUT2D eigenvalue weighted by molar-refractivity contribution is 6.42. The second-order valence-corrected chi connectivity index (χ2v) is 7.28. The molecule has 2 heterocycles. The van der Waals surface area contributed by atoms with Gasteiger partial charge in [-0.15, -0.1) is 0 Å². The summed E-state index contributed by atoms with van der Waals surface area (Å²) in [5.41, 5.74) is 7.71. The van der Waals surface area contributed by atoms with E-state index in [4.69, 9.17) is 38.2 Å². The first kappa shape index (κ1) is 19.4. The molecule has 148 valence electrons. The lowest BCUT2D eigenvalue weighted by molar-refractivity contribution is 0.193. The zero-order chi connectivity index (χ0) is 20.4. The Kier molecular flexibility index (Phi) is 5.47. The highest BCUT2D eigenvalue weighted by Gasteiger charge is 2.26. The molecule has 2 N–H and O–H groups in total. The van der Waals surface area contributed by atoms with Crippen molar-refractivity contribution in [2.75, 3.05) is 13.6 Å². The van der Waals surface area contributed by atoms with E-state index in [-0.39, 0.29) is 5.89 Å². The third-order valence-electron chi connectivity index (χ3n) is 4.52. The van der Waals surface area contributed by atoms with E-state index in [0.29, 0.717) is 33.0 Å². The van der Waals surface area contributed by atoms with Crippen LogP contribution >= 0.6 is 23.2 Å². The highest BCUT2D eigenvalue weighted by Crippen LogP contribution is 2.36. The maximum atomic E-state index is 6.31. The Morgan fingerprint density at radius 2 is 1.93 bits per heavy atom. The van der Waals surface area contributed by atoms with Gasteiger partial charge in [0.25, 0.3) is 5.89 Å². The molecule has 4 rings (SSSR count). The van der Waals surface area contributed by atoms with Gasteiger partial charge in [-0.2, -0.15) is 4.98 Å². The zero-order valence-electron chi connectivity index (χ0n) is 15.5. The smallest absolute Gasteiger partial charge is 0.272 e. The number of benzene rings is 2. The van der Waals surface area contributed by atoms with Crippen molar-refractivity contribution >= 4 is 28.8 Å². The van der Waals surface area contributed by atoms with Crippen LogP contribution in [-0.4, -0.2) is 28.6 Å². The van der Waals surface area contributed by atoms with Crippen molar-refractivity contribution < 1.29 is 9.26 Å². The van der Waals surface area contributed by atoms with Gasteiger partial charge in [-0.3, -0.25) is 0 Å². The van der Waals surface area contributed by atoms with Gasteiger partial charge in [0, 0.05) is 19.2 Å². The molecule has 0 fully saturated rings. The van der Waals surface area contributed by atoms with Gasteiger partial charge in [0.15, 0.2) is 0 Å². The Bertz CT molecular complexity index is 1080. The third kappa shape index (κ3) is 3.95. The summed E-state index contributed by atoms with van der Waals surface area (Å²) in [4.78, 5) is 6.45. The molecule has 3 aromatic rings. The van der Waals surface area contributed by atoms with E-state index in [0.717, 1.165) is 12.1 Å². The molecular formula is C21H18Cl2N4O2. The molecule has 0 radical (unpaired) electrons. The molecular weight excluding hydrogens is 411 g/mol. The SMILES string of the molecule is CN1CC=CC(c2noc(C(Oc3cccc(Cl)c3Cl)c3ccccc3)n2)=C1N. The number of likely N-dealkylation sites (N-methyl/N-ethyl adjacent to an activating group) is 1. The van der Waals surface area contributed by atoms with Gasteiger partial charge in [0.1, 0.15) is 16.6 Å². The topological polar surface area (TPSA) is 77.4 Å². The van der Waals surface area contributed by atoms with Crippen LogP contribution in [0.15, 0.2) is 71.0 Å². The van der Waals surface area contributed by atoms with Gasteiger partial charge >= 0.3 is 0 Å². The lowest BCUT2D eigenvalue weighted by atomic mass is 10.1. The fourth-order valence-corrected chi connectivity index (χ4v) is 3.29. The van der Waals surface area contributed by atoms with E-state index in [1.54, 1.807) is 18.2 Å². The van der Waals surface area contributed by atoms with E-state index in [1.165, 1.54) is 0 Å². The second kappa shape index (κ2) is 8.19. The first-order valence-electron chi connectivity index (χ1n) is 8.91. The standard InChI is InChI=1S/C21H18Cl2N4O2/c1-27-12-6-9-14(19(27)24)20-25-21(29-26-20)18(13-7-3-2-4-8-13)28-16-11-5-10-15(22)17(16)23/h2-11,18H,12,24H2,1H3. The molecule has 6 nitrogen and oxygen atoms in total. The Labute approximate surface area is 178 Å². The molecule has 0 amide bonds. The Hall–Kier alpha value is -2.96. The van der Waals surface area contributed by atoms with Crippen LogP contribution in [0.2, 0.25) is 10.0 Å². The number of aromatic nitrogens is 2. The van der Waals surface area contributed by atoms with Crippen LogP contribution in [0.3, 0.4) is 0 Å². The molecule has 0 saturated carbocycles. The van der Waals surface area contributed by atoms with E-state index in [2.05, 4.69) is 10.1 Å². The number of hydrogen-bond donors (Lipinski definition) is 1. The molecule has 0 aliphatic carbocycles. The molecule has 1 atom stereocenters. The van der Waals surface area contributed by atoms with Crippen molar-refractivity contribution in [3.63, 3.8) is 0 Å². The molecule has 0 spiro atoms. The predicted molar refractivity (Wildman–Crippen MR) is 113 cm³/mol. The average Bonchev–Trinajstić information content (AvgIpc) is 3.21. The van der Waals surface area contributed by atoms with Gasteiger partial charge in [-0.1, -0.05) is 70.8 Å². The summed E-state index contributed by atoms with van der Waals surface area (Å²) < 4.78 is 11.7. The average molecular weight is 429 g/mol. The summed E-state index contributed by atoms with van der Waals surface area (Å²) in [6.07, 6.45) is 3.20. The van der Waals surface area contributed by atoms with Crippen LogP contribution in [-0.2, 0) is 0 Å². The number of nitrogens with two attached hydrogens (primary N) is 1. The number of nitrogens with zero attached hydrogens (tertiary/aromatic N) is 3. The molecule has 29 heavy (non-hydrogen) atoms. The monoisotopic (exact) mass is 428 g/mol. The van der Waals surface area contributed by atoms with Crippen molar-refractivity contribution in [2.24, 2.45) is 5.73 Å². The minimum atomic E-state index is -0.666. The minimum absolute atomic E-state index is 0.282. The van der Waals surface area contributed by atoms with Crippen LogP contribution in [0.4, 0.5) is 0 Å². The van der Waals surface area contributed by atoms with Crippen molar-refractivity contribution in [2.45, 2.75) is 6.10 Å². The quantitative estimate of drug-likeness (QED) is 0.635. The summed E-state index contributed by atoms with van der Waals surface area (Å²) in [6, 6.07) is 14.7. The highest BCUT2D eigenvalue weighted by atomic mass is 35.5. The van der Waals surface area contributed by atoms with Crippen molar-refractivity contribution in [1.82, 2.24) is 15.0 Å². The number of rotatable bonds is 5. The maximum absolute atomic E-state index is 6.31. The molecule has 1 aliphatic rings. The number of halogens is 2. The van der Waals surface area contributed by atoms with Crippen LogP contribution in [0.25, 0.3) is 5.57 Å². The third-order valence-corrected chi connectivity index (χ3v) is 5.32. The minimum Gasteiger partial charge on any atom is -0.474 e. The van der Waals surface area contributed by atoms with Gasteiger partial charge in [0.2, 0.25) is 11.9 Å². The molecule has 2 aromatic carbocycles.